The smallest absolute Gasteiger partial charge is 0.306 e. The molecule has 3 nitrogen and oxygen atoms in total. The van der Waals surface area contributed by atoms with Crippen molar-refractivity contribution in [3.63, 3.8) is 0 Å². The van der Waals surface area contributed by atoms with Gasteiger partial charge in [-0.05, 0) is 36.6 Å². The van der Waals surface area contributed by atoms with Crippen molar-refractivity contribution in [3.8, 4) is 5.75 Å². The van der Waals surface area contributed by atoms with Gasteiger partial charge in [0.1, 0.15) is 12.4 Å². The maximum Gasteiger partial charge on any atom is 0.306 e. The quantitative estimate of drug-likeness (QED) is 0.667. The maximum atomic E-state index is 11.3. The van der Waals surface area contributed by atoms with Crippen LogP contribution >= 0.6 is 0 Å². The van der Waals surface area contributed by atoms with Crippen LogP contribution in [0, 0.1) is 0 Å². The summed E-state index contributed by atoms with van der Waals surface area (Å²) in [5, 5.41) is 0. The number of carbonyl (C=O) groups excluding carboxylic acids is 1. The first-order valence-electron chi connectivity index (χ1n) is 7.87. The van der Waals surface area contributed by atoms with Gasteiger partial charge in [0.05, 0.1) is 6.61 Å². The summed E-state index contributed by atoms with van der Waals surface area (Å²) >= 11 is 0. The Labute approximate surface area is 137 Å². The number of hydrogen-bond acceptors (Lipinski definition) is 3. The van der Waals surface area contributed by atoms with E-state index in [2.05, 4.69) is 0 Å². The molecule has 0 saturated carbocycles. The molecule has 0 aliphatic rings. The molecule has 0 fully saturated rings. The minimum atomic E-state index is -0.155. The van der Waals surface area contributed by atoms with Crippen molar-refractivity contribution in [2.45, 2.75) is 26.4 Å². The van der Waals surface area contributed by atoms with Gasteiger partial charge in [0.25, 0.3) is 0 Å². The third kappa shape index (κ3) is 6.39. The maximum absolute atomic E-state index is 11.3. The van der Waals surface area contributed by atoms with Crippen LogP contribution in [0.3, 0.4) is 0 Å². The Bertz CT molecular complexity index is 632. The predicted octanol–water partition coefficient (Wildman–Crippen LogP) is 4.62. The normalized spacial score (nSPS) is 10.7. The number of ether oxygens (including phenoxy) is 2. The first-order chi connectivity index (χ1) is 11.3. The van der Waals surface area contributed by atoms with Crippen LogP contribution in [0.1, 0.15) is 30.9 Å². The van der Waals surface area contributed by atoms with Gasteiger partial charge in [0.15, 0.2) is 0 Å². The van der Waals surface area contributed by atoms with Gasteiger partial charge in [-0.25, -0.2) is 0 Å². The average Bonchev–Trinajstić information content (AvgIpc) is 2.59. The Kier molecular flexibility index (Phi) is 6.92. The number of rotatable bonds is 8. The van der Waals surface area contributed by atoms with Crippen LogP contribution in [0.25, 0.3) is 6.08 Å². The zero-order valence-electron chi connectivity index (χ0n) is 13.4. The van der Waals surface area contributed by atoms with Crippen molar-refractivity contribution in [3.05, 3.63) is 71.8 Å². The molecule has 0 aliphatic heterocycles. The van der Waals surface area contributed by atoms with Gasteiger partial charge in [0, 0.05) is 6.42 Å². The standard InChI is InChI=1S/C20H22O3/c1-2-22-20(21)14-7-6-9-17-12-8-13-19(15-17)23-16-18-10-4-3-5-11-18/h3-6,8-13,15H,2,7,14,16H2,1H3/b9-6-. The molecule has 0 amide bonds. The van der Waals surface area contributed by atoms with Crippen molar-refractivity contribution in [2.75, 3.05) is 6.61 Å². The van der Waals surface area contributed by atoms with E-state index < -0.39 is 0 Å². The van der Waals surface area contributed by atoms with Crippen LogP contribution in [0.15, 0.2) is 60.7 Å². The molecule has 0 radical (unpaired) electrons. The lowest BCUT2D eigenvalue weighted by molar-refractivity contribution is -0.142. The Morgan fingerprint density at radius 2 is 1.91 bits per heavy atom. The molecule has 120 valence electrons. The van der Waals surface area contributed by atoms with Crippen LogP contribution in [-0.2, 0) is 16.1 Å². The summed E-state index contributed by atoms with van der Waals surface area (Å²) in [6.07, 6.45) is 5.06. The largest absolute Gasteiger partial charge is 0.489 e. The van der Waals surface area contributed by atoms with E-state index in [1.807, 2.05) is 73.7 Å². The van der Waals surface area contributed by atoms with Crippen LogP contribution in [0.5, 0.6) is 5.75 Å². The van der Waals surface area contributed by atoms with Crippen molar-refractivity contribution in [2.24, 2.45) is 0 Å². The molecule has 0 N–H and O–H groups in total. The van der Waals surface area contributed by atoms with Crippen LogP contribution in [0.2, 0.25) is 0 Å². The summed E-state index contributed by atoms with van der Waals surface area (Å²) in [5.41, 5.74) is 2.20. The highest BCUT2D eigenvalue weighted by Crippen LogP contribution is 2.16. The molecule has 0 aliphatic carbocycles. The molecule has 0 unspecified atom stereocenters. The van der Waals surface area contributed by atoms with Crippen molar-refractivity contribution >= 4 is 12.0 Å². The lowest BCUT2D eigenvalue weighted by Crippen LogP contribution is -2.02. The van der Waals surface area contributed by atoms with Gasteiger partial charge in [-0.15, -0.1) is 0 Å². The molecule has 23 heavy (non-hydrogen) atoms. The molecule has 0 aromatic heterocycles. The number of esters is 1. The lowest BCUT2D eigenvalue weighted by atomic mass is 10.1. The fourth-order valence-corrected chi connectivity index (χ4v) is 2.10. The predicted molar refractivity (Wildman–Crippen MR) is 92.1 cm³/mol. The van der Waals surface area contributed by atoms with Gasteiger partial charge in [0.2, 0.25) is 0 Å². The molecular weight excluding hydrogens is 288 g/mol. The third-order valence-corrected chi connectivity index (χ3v) is 3.24. The summed E-state index contributed by atoms with van der Waals surface area (Å²) in [7, 11) is 0. The first-order valence-corrected chi connectivity index (χ1v) is 7.87. The third-order valence-electron chi connectivity index (χ3n) is 3.24. The SMILES string of the molecule is CCOC(=O)CC/C=C\c1cccc(OCc2ccccc2)c1. The second-order valence-corrected chi connectivity index (χ2v) is 5.09. The molecule has 0 heterocycles. The monoisotopic (exact) mass is 310 g/mol. The Balaban J connectivity index is 1.83. The zero-order valence-corrected chi connectivity index (χ0v) is 13.4. The minimum absolute atomic E-state index is 0.155. The van der Waals surface area contributed by atoms with Crippen LogP contribution in [0.4, 0.5) is 0 Å². The zero-order chi connectivity index (χ0) is 16.3. The number of hydrogen-bond donors (Lipinski definition) is 0. The molecule has 0 bridgehead atoms. The fourth-order valence-electron chi connectivity index (χ4n) is 2.10. The Morgan fingerprint density at radius 3 is 2.70 bits per heavy atom. The van der Waals surface area contributed by atoms with Crippen molar-refractivity contribution < 1.29 is 14.3 Å². The van der Waals surface area contributed by atoms with E-state index in [1.54, 1.807) is 0 Å². The second-order valence-electron chi connectivity index (χ2n) is 5.09. The minimum Gasteiger partial charge on any atom is -0.489 e. The van der Waals surface area contributed by atoms with Gasteiger partial charge in [-0.2, -0.15) is 0 Å². The Hall–Kier alpha value is -2.55. The van der Waals surface area contributed by atoms with Crippen molar-refractivity contribution in [1.29, 1.82) is 0 Å². The average molecular weight is 310 g/mol. The van der Waals surface area contributed by atoms with E-state index in [-0.39, 0.29) is 5.97 Å². The summed E-state index contributed by atoms with van der Waals surface area (Å²) in [6.45, 7) is 2.80. The fraction of sp³-hybridized carbons (Fsp3) is 0.250. The van der Waals surface area contributed by atoms with E-state index in [9.17, 15) is 4.79 Å². The van der Waals surface area contributed by atoms with E-state index in [4.69, 9.17) is 9.47 Å². The lowest BCUT2D eigenvalue weighted by Gasteiger charge is -2.07. The van der Waals surface area contributed by atoms with Gasteiger partial charge < -0.3 is 9.47 Å². The molecule has 0 saturated heterocycles. The van der Waals surface area contributed by atoms with Crippen LogP contribution in [-0.4, -0.2) is 12.6 Å². The molecule has 3 heteroatoms. The van der Waals surface area contributed by atoms with E-state index in [0.29, 0.717) is 26.1 Å². The molecule has 2 aromatic rings. The van der Waals surface area contributed by atoms with Gasteiger partial charge in [-0.1, -0.05) is 54.6 Å². The summed E-state index contributed by atoms with van der Waals surface area (Å²) in [6, 6.07) is 18.0. The highest BCUT2D eigenvalue weighted by atomic mass is 16.5. The van der Waals surface area contributed by atoms with Crippen molar-refractivity contribution in [1.82, 2.24) is 0 Å². The van der Waals surface area contributed by atoms with E-state index in [1.165, 1.54) is 0 Å². The topological polar surface area (TPSA) is 35.5 Å². The molecular formula is C20H22O3. The summed E-state index contributed by atoms with van der Waals surface area (Å²) < 4.78 is 10.7. The Morgan fingerprint density at radius 1 is 1.09 bits per heavy atom. The van der Waals surface area contributed by atoms with Gasteiger partial charge in [-0.3, -0.25) is 4.79 Å². The summed E-state index contributed by atoms with van der Waals surface area (Å²) in [5.74, 6) is 0.679. The molecule has 2 rings (SSSR count). The molecule has 2 aromatic carbocycles. The molecule has 0 spiro atoms. The number of benzene rings is 2. The van der Waals surface area contributed by atoms with Crippen LogP contribution < -0.4 is 4.74 Å². The highest BCUT2D eigenvalue weighted by Gasteiger charge is 1.99. The van der Waals surface area contributed by atoms with E-state index in [0.717, 1.165) is 16.9 Å². The van der Waals surface area contributed by atoms with E-state index >= 15 is 0 Å². The molecule has 0 atom stereocenters. The second kappa shape index (κ2) is 9.46. The highest BCUT2D eigenvalue weighted by molar-refractivity contribution is 5.69. The number of allylic oxidation sites excluding steroid dienone is 1. The summed E-state index contributed by atoms with van der Waals surface area (Å²) in [4.78, 5) is 11.3. The first kappa shape index (κ1) is 16.8. The number of carbonyl (C=O) groups is 1. The van der Waals surface area contributed by atoms with Gasteiger partial charge >= 0.3 is 5.97 Å².